The van der Waals surface area contributed by atoms with Gasteiger partial charge in [0.25, 0.3) is 0 Å². The summed E-state index contributed by atoms with van der Waals surface area (Å²) in [5.74, 6) is 0.313. The molecule has 0 radical (unpaired) electrons. The van der Waals surface area contributed by atoms with Gasteiger partial charge in [-0.15, -0.1) is 0 Å². The Morgan fingerprint density at radius 2 is 1.94 bits per heavy atom. The molecule has 0 amide bonds. The van der Waals surface area contributed by atoms with Crippen LogP contribution >= 0.6 is 0 Å². The van der Waals surface area contributed by atoms with E-state index in [1.807, 2.05) is 6.07 Å². The first-order chi connectivity index (χ1) is 15.0. The summed E-state index contributed by atoms with van der Waals surface area (Å²) in [6.07, 6.45) is 7.49. The number of nitrogens with one attached hydrogen (secondary N) is 1. The highest BCUT2D eigenvalue weighted by Crippen LogP contribution is 2.36. The fourth-order valence-electron chi connectivity index (χ4n) is 4.29. The van der Waals surface area contributed by atoms with Crippen molar-refractivity contribution in [2.45, 2.75) is 64.8 Å². The van der Waals surface area contributed by atoms with Crippen molar-refractivity contribution in [3.63, 3.8) is 0 Å². The van der Waals surface area contributed by atoms with Gasteiger partial charge in [0, 0.05) is 11.3 Å². The van der Waals surface area contributed by atoms with Crippen molar-refractivity contribution in [2.24, 2.45) is 5.92 Å². The van der Waals surface area contributed by atoms with E-state index in [1.54, 1.807) is 24.3 Å². The highest BCUT2D eigenvalue weighted by Gasteiger charge is 2.27. The largest absolute Gasteiger partial charge is 0.493 e. The maximum atomic E-state index is 12.3. The Labute approximate surface area is 185 Å². The van der Waals surface area contributed by atoms with Crippen LogP contribution in [0.3, 0.4) is 0 Å². The number of nitriles is 1. The molecule has 1 fully saturated rings. The summed E-state index contributed by atoms with van der Waals surface area (Å²) >= 11 is 0. The lowest BCUT2D eigenvalue weighted by atomic mass is 9.95. The number of carboxylic acid groups (broad SMARTS) is 1. The third-order valence-corrected chi connectivity index (χ3v) is 6.00. The van der Waals surface area contributed by atoms with Crippen molar-refractivity contribution in [1.82, 2.24) is 0 Å². The summed E-state index contributed by atoms with van der Waals surface area (Å²) in [6, 6.07) is 12.1. The van der Waals surface area contributed by atoms with Crippen LogP contribution in [-0.4, -0.2) is 17.7 Å². The molecule has 0 aliphatic heterocycles. The summed E-state index contributed by atoms with van der Waals surface area (Å²) in [5, 5.41) is 22.3. The minimum absolute atomic E-state index is 0.538. The quantitative estimate of drug-likeness (QED) is 0.501. The Bertz CT molecular complexity index is 925. The van der Waals surface area contributed by atoms with Gasteiger partial charge in [-0.3, -0.25) is 0 Å². The molecule has 0 unspecified atom stereocenters. The third kappa shape index (κ3) is 5.79. The van der Waals surface area contributed by atoms with Crippen molar-refractivity contribution in [1.29, 1.82) is 5.26 Å². The highest BCUT2D eigenvalue weighted by atomic mass is 16.5. The molecule has 1 aliphatic carbocycles. The van der Waals surface area contributed by atoms with Crippen LogP contribution in [0.25, 0.3) is 0 Å². The van der Waals surface area contributed by atoms with Crippen LogP contribution in [0.2, 0.25) is 0 Å². The summed E-state index contributed by atoms with van der Waals surface area (Å²) < 4.78 is 6.36. The predicted molar refractivity (Wildman–Crippen MR) is 122 cm³/mol. The van der Waals surface area contributed by atoms with Crippen molar-refractivity contribution in [3.8, 4) is 11.8 Å². The average Bonchev–Trinajstić information content (AvgIpc) is 3.30. The fraction of sp³-hybridized carbons (Fsp3) is 0.462. The van der Waals surface area contributed by atoms with Crippen molar-refractivity contribution >= 4 is 11.7 Å². The SMILES string of the molecule is CCCc1cc(CC)cc([C@@H](Nc2ccc(C#N)cc2)C(=O)O)c1OCC1CCCC1. The van der Waals surface area contributed by atoms with Gasteiger partial charge in [0.1, 0.15) is 5.75 Å². The van der Waals surface area contributed by atoms with Gasteiger partial charge in [-0.25, -0.2) is 4.79 Å². The molecule has 0 heterocycles. The molecule has 5 heteroatoms. The number of hydrogen-bond donors (Lipinski definition) is 2. The maximum absolute atomic E-state index is 12.3. The Kier molecular flexibility index (Phi) is 7.94. The van der Waals surface area contributed by atoms with E-state index in [9.17, 15) is 9.90 Å². The zero-order valence-electron chi connectivity index (χ0n) is 18.5. The monoisotopic (exact) mass is 420 g/mol. The van der Waals surface area contributed by atoms with E-state index in [4.69, 9.17) is 10.00 Å². The molecule has 0 bridgehead atoms. The van der Waals surface area contributed by atoms with Crippen LogP contribution in [0.4, 0.5) is 5.69 Å². The van der Waals surface area contributed by atoms with Crippen LogP contribution in [0.1, 0.15) is 74.2 Å². The van der Waals surface area contributed by atoms with E-state index in [-0.39, 0.29) is 0 Å². The minimum Gasteiger partial charge on any atom is -0.493 e. The van der Waals surface area contributed by atoms with Gasteiger partial charge in [0.2, 0.25) is 0 Å². The molecule has 1 aliphatic rings. The van der Waals surface area contributed by atoms with E-state index in [2.05, 4.69) is 31.3 Å². The summed E-state index contributed by atoms with van der Waals surface area (Å²) in [4.78, 5) is 12.3. The minimum atomic E-state index is -0.953. The molecule has 1 atom stereocenters. The maximum Gasteiger partial charge on any atom is 0.330 e. The number of anilines is 1. The van der Waals surface area contributed by atoms with E-state index in [0.29, 0.717) is 29.3 Å². The lowest BCUT2D eigenvalue weighted by molar-refractivity contribution is -0.138. The second-order valence-corrected chi connectivity index (χ2v) is 8.34. The first-order valence-corrected chi connectivity index (χ1v) is 11.3. The molecule has 2 aromatic carbocycles. The van der Waals surface area contributed by atoms with E-state index >= 15 is 0 Å². The summed E-state index contributed by atoms with van der Waals surface area (Å²) in [7, 11) is 0. The van der Waals surface area contributed by atoms with Crippen molar-refractivity contribution in [2.75, 3.05) is 11.9 Å². The topological polar surface area (TPSA) is 82.4 Å². The van der Waals surface area contributed by atoms with Crippen LogP contribution < -0.4 is 10.1 Å². The Balaban J connectivity index is 1.98. The Morgan fingerprint density at radius 3 is 2.52 bits per heavy atom. The number of carbonyl (C=O) groups is 1. The van der Waals surface area contributed by atoms with Crippen LogP contribution in [0.15, 0.2) is 36.4 Å². The van der Waals surface area contributed by atoms with Crippen LogP contribution in [0.5, 0.6) is 5.75 Å². The molecule has 2 N–H and O–H groups in total. The number of benzene rings is 2. The van der Waals surface area contributed by atoms with Gasteiger partial charge in [-0.1, -0.05) is 39.2 Å². The van der Waals surface area contributed by atoms with E-state index < -0.39 is 12.0 Å². The van der Waals surface area contributed by atoms with Gasteiger partial charge in [-0.05, 0) is 73.1 Å². The van der Waals surface area contributed by atoms with E-state index in [1.165, 1.54) is 25.7 Å². The number of ether oxygens (including phenoxy) is 1. The number of hydrogen-bond acceptors (Lipinski definition) is 4. The lowest BCUT2D eigenvalue weighted by Gasteiger charge is -2.24. The van der Waals surface area contributed by atoms with E-state index in [0.717, 1.165) is 36.1 Å². The average molecular weight is 421 g/mol. The molecule has 31 heavy (non-hydrogen) atoms. The van der Waals surface area contributed by atoms with Crippen molar-refractivity contribution < 1.29 is 14.6 Å². The smallest absolute Gasteiger partial charge is 0.330 e. The summed E-state index contributed by atoms with van der Waals surface area (Å²) in [5.41, 5.74) is 4.07. The van der Waals surface area contributed by atoms with Crippen LogP contribution in [-0.2, 0) is 17.6 Å². The molecular weight excluding hydrogens is 388 g/mol. The molecule has 2 aromatic rings. The Hall–Kier alpha value is -3.00. The molecular formula is C26H32N2O3. The molecule has 5 nitrogen and oxygen atoms in total. The molecule has 0 saturated heterocycles. The number of carboxylic acids is 1. The summed E-state index contributed by atoms with van der Waals surface area (Å²) in [6.45, 7) is 4.85. The zero-order valence-corrected chi connectivity index (χ0v) is 18.5. The van der Waals surface area contributed by atoms with Crippen LogP contribution in [0, 0.1) is 17.2 Å². The van der Waals surface area contributed by atoms with Gasteiger partial charge >= 0.3 is 5.97 Å². The second kappa shape index (κ2) is 10.9. The number of nitrogens with zero attached hydrogens (tertiary/aromatic N) is 1. The number of aryl methyl sites for hydroxylation is 2. The fourth-order valence-corrected chi connectivity index (χ4v) is 4.29. The lowest BCUT2D eigenvalue weighted by Crippen LogP contribution is -2.23. The standard InChI is InChI=1S/C26H32N2O3/c1-3-7-21-14-18(4-2)15-23(25(21)31-17-20-8-5-6-9-20)24(26(29)30)28-22-12-10-19(16-27)11-13-22/h10-15,20,24,28H,3-9,17H2,1-2H3,(H,29,30)/t24-/m1/s1. The molecule has 164 valence electrons. The Morgan fingerprint density at radius 1 is 1.23 bits per heavy atom. The molecule has 0 aromatic heterocycles. The molecule has 1 saturated carbocycles. The zero-order chi connectivity index (χ0) is 22.2. The predicted octanol–water partition coefficient (Wildman–Crippen LogP) is 5.88. The normalized spacial score (nSPS) is 14.7. The van der Waals surface area contributed by atoms with Gasteiger partial charge < -0.3 is 15.2 Å². The second-order valence-electron chi connectivity index (χ2n) is 8.34. The third-order valence-electron chi connectivity index (χ3n) is 6.00. The molecule has 3 rings (SSSR count). The van der Waals surface area contributed by atoms with Crippen molar-refractivity contribution in [3.05, 3.63) is 58.7 Å². The van der Waals surface area contributed by atoms with Gasteiger partial charge in [-0.2, -0.15) is 5.26 Å². The first kappa shape index (κ1) is 22.7. The highest BCUT2D eigenvalue weighted by molar-refractivity contribution is 5.81. The first-order valence-electron chi connectivity index (χ1n) is 11.3. The van der Waals surface area contributed by atoms with Gasteiger partial charge in [0.05, 0.1) is 18.2 Å². The number of aliphatic carboxylic acids is 1. The molecule has 0 spiro atoms. The van der Waals surface area contributed by atoms with Gasteiger partial charge in [0.15, 0.2) is 6.04 Å². The number of rotatable bonds is 10.